The van der Waals surface area contributed by atoms with Crippen LogP contribution in [0.3, 0.4) is 0 Å². The van der Waals surface area contributed by atoms with E-state index in [0.29, 0.717) is 22.5 Å². The fourth-order valence-electron chi connectivity index (χ4n) is 2.32. The van der Waals surface area contributed by atoms with E-state index >= 15 is 0 Å². The second-order valence-corrected chi connectivity index (χ2v) is 7.01. The number of primary sulfonamides is 1. The van der Waals surface area contributed by atoms with Crippen LogP contribution in [0.5, 0.6) is 5.75 Å². The number of anilines is 1. The predicted octanol–water partition coefficient (Wildman–Crippen LogP) is 1.63. The molecule has 0 aliphatic carbocycles. The molecule has 0 saturated carbocycles. The van der Waals surface area contributed by atoms with Crippen LogP contribution in [0.2, 0.25) is 0 Å². The Morgan fingerprint density at radius 3 is 2.54 bits per heavy atom. The number of ether oxygens (including phenoxy) is 1. The molecular formula is C17H16N4O4S. The Bertz CT molecular complexity index is 1140. The molecular weight excluding hydrogens is 356 g/mol. The van der Waals surface area contributed by atoms with Crippen LogP contribution < -0.4 is 20.9 Å². The lowest BCUT2D eigenvalue weighted by Gasteiger charge is -2.04. The molecule has 3 aromatic rings. The van der Waals surface area contributed by atoms with Gasteiger partial charge in [0.25, 0.3) is 5.56 Å². The van der Waals surface area contributed by atoms with Crippen LogP contribution >= 0.6 is 0 Å². The van der Waals surface area contributed by atoms with Crippen LogP contribution in [0.25, 0.3) is 10.9 Å². The van der Waals surface area contributed by atoms with E-state index in [1.165, 1.54) is 30.5 Å². The average Bonchev–Trinajstić information content (AvgIpc) is 2.61. The van der Waals surface area contributed by atoms with E-state index in [1.807, 2.05) is 6.07 Å². The third-order valence-corrected chi connectivity index (χ3v) is 4.59. The number of fused-ring (bicyclic) bond motifs is 1. The molecule has 0 saturated heterocycles. The number of pyridine rings is 1. The van der Waals surface area contributed by atoms with Crippen molar-refractivity contribution in [3.63, 3.8) is 0 Å². The van der Waals surface area contributed by atoms with Gasteiger partial charge in [-0.15, -0.1) is 0 Å². The molecule has 0 radical (unpaired) electrons. The summed E-state index contributed by atoms with van der Waals surface area (Å²) < 4.78 is 27.6. The van der Waals surface area contributed by atoms with Crippen molar-refractivity contribution < 1.29 is 13.2 Å². The van der Waals surface area contributed by atoms with Crippen molar-refractivity contribution in [3.8, 4) is 5.75 Å². The van der Waals surface area contributed by atoms with Crippen LogP contribution in [0.4, 0.5) is 5.69 Å². The van der Waals surface area contributed by atoms with Gasteiger partial charge in [0.1, 0.15) is 5.75 Å². The number of sulfonamides is 1. The van der Waals surface area contributed by atoms with Gasteiger partial charge in [0.15, 0.2) is 0 Å². The molecule has 0 aliphatic rings. The van der Waals surface area contributed by atoms with E-state index in [9.17, 15) is 13.2 Å². The van der Waals surface area contributed by atoms with E-state index in [-0.39, 0.29) is 10.5 Å². The lowest BCUT2D eigenvalue weighted by atomic mass is 10.1. The number of aromatic amines is 1. The van der Waals surface area contributed by atoms with Gasteiger partial charge in [0, 0.05) is 10.9 Å². The maximum atomic E-state index is 12.1. The van der Waals surface area contributed by atoms with Crippen molar-refractivity contribution in [1.82, 2.24) is 4.98 Å². The summed E-state index contributed by atoms with van der Waals surface area (Å²) in [6.07, 6.45) is 1.38. The first-order valence-electron chi connectivity index (χ1n) is 7.50. The molecule has 0 bridgehead atoms. The molecule has 0 amide bonds. The van der Waals surface area contributed by atoms with Gasteiger partial charge >= 0.3 is 0 Å². The maximum absolute atomic E-state index is 12.1. The summed E-state index contributed by atoms with van der Waals surface area (Å²) in [5.74, 6) is 0.681. The number of methoxy groups -OCH3 is 1. The minimum absolute atomic E-state index is 0.00644. The summed E-state index contributed by atoms with van der Waals surface area (Å²) in [7, 11) is -2.17. The summed E-state index contributed by atoms with van der Waals surface area (Å²) in [5, 5.41) is 9.86. The number of aromatic nitrogens is 1. The van der Waals surface area contributed by atoms with Crippen LogP contribution in [-0.2, 0) is 10.0 Å². The highest BCUT2D eigenvalue weighted by atomic mass is 32.2. The molecule has 3 rings (SSSR count). The van der Waals surface area contributed by atoms with E-state index in [0.717, 1.165) is 5.39 Å². The first kappa shape index (κ1) is 17.6. The van der Waals surface area contributed by atoms with E-state index in [1.54, 1.807) is 25.3 Å². The fraction of sp³-hybridized carbons (Fsp3) is 0.0588. The fourth-order valence-corrected chi connectivity index (χ4v) is 2.84. The summed E-state index contributed by atoms with van der Waals surface area (Å²) in [6.45, 7) is 0. The normalized spacial score (nSPS) is 11.8. The van der Waals surface area contributed by atoms with Crippen LogP contribution in [0.1, 0.15) is 5.56 Å². The average molecular weight is 372 g/mol. The van der Waals surface area contributed by atoms with Crippen molar-refractivity contribution in [2.45, 2.75) is 4.90 Å². The zero-order chi connectivity index (χ0) is 18.7. The Kier molecular flexibility index (Phi) is 4.74. The summed E-state index contributed by atoms with van der Waals surface area (Å²) in [4.78, 5) is 14.9. The zero-order valence-corrected chi connectivity index (χ0v) is 14.6. The van der Waals surface area contributed by atoms with E-state index in [4.69, 9.17) is 9.88 Å². The van der Waals surface area contributed by atoms with Gasteiger partial charge in [-0.2, -0.15) is 5.10 Å². The SMILES string of the molecule is COc1ccc2[nH]c(=O)c(/C=N/Nc3ccc(S(N)(=O)=O)cc3)cc2c1. The molecule has 0 fully saturated rings. The smallest absolute Gasteiger partial charge is 0.257 e. The summed E-state index contributed by atoms with van der Waals surface area (Å²) >= 11 is 0. The summed E-state index contributed by atoms with van der Waals surface area (Å²) in [5.41, 5.74) is 4.05. The van der Waals surface area contributed by atoms with Crippen molar-refractivity contribution >= 4 is 32.8 Å². The zero-order valence-electron chi connectivity index (χ0n) is 13.8. The van der Waals surface area contributed by atoms with Crippen LogP contribution in [0.15, 0.2) is 63.3 Å². The standard InChI is InChI=1S/C17H16N4O4S/c1-25-14-4-7-16-11(9-14)8-12(17(22)20-16)10-19-21-13-2-5-15(6-3-13)26(18,23)24/h2-10,21H,1H3,(H,20,22)(H2,18,23,24)/b19-10+. The Balaban J connectivity index is 1.81. The molecule has 4 N–H and O–H groups in total. The van der Waals surface area contributed by atoms with E-state index < -0.39 is 10.0 Å². The number of nitrogens with zero attached hydrogens (tertiary/aromatic N) is 1. The molecule has 26 heavy (non-hydrogen) atoms. The van der Waals surface area contributed by atoms with Gasteiger partial charge in [0.05, 0.1) is 29.5 Å². The molecule has 0 atom stereocenters. The highest BCUT2D eigenvalue weighted by molar-refractivity contribution is 7.89. The lowest BCUT2D eigenvalue weighted by Crippen LogP contribution is -2.12. The molecule has 134 valence electrons. The van der Waals surface area contributed by atoms with Crippen molar-refractivity contribution in [2.75, 3.05) is 12.5 Å². The topological polar surface area (TPSA) is 127 Å². The maximum Gasteiger partial charge on any atom is 0.257 e. The van der Waals surface area contributed by atoms with Crippen molar-refractivity contribution in [2.24, 2.45) is 10.2 Å². The Morgan fingerprint density at radius 2 is 1.88 bits per heavy atom. The van der Waals surface area contributed by atoms with Gasteiger partial charge in [-0.1, -0.05) is 0 Å². The number of hydrogen-bond donors (Lipinski definition) is 3. The molecule has 0 aliphatic heterocycles. The third kappa shape index (κ3) is 3.90. The molecule has 1 aromatic heterocycles. The van der Waals surface area contributed by atoms with Gasteiger partial charge in [-0.25, -0.2) is 13.6 Å². The first-order valence-corrected chi connectivity index (χ1v) is 9.04. The highest BCUT2D eigenvalue weighted by Gasteiger charge is 2.06. The number of rotatable bonds is 5. The van der Waals surface area contributed by atoms with Gasteiger partial charge in [0.2, 0.25) is 10.0 Å². The third-order valence-electron chi connectivity index (χ3n) is 3.66. The monoisotopic (exact) mass is 372 g/mol. The number of benzene rings is 2. The lowest BCUT2D eigenvalue weighted by molar-refractivity contribution is 0.415. The molecule has 9 heteroatoms. The summed E-state index contributed by atoms with van der Waals surface area (Å²) in [6, 6.07) is 12.8. The minimum atomic E-state index is -3.74. The number of hydrazone groups is 1. The van der Waals surface area contributed by atoms with Crippen LogP contribution in [-0.4, -0.2) is 26.7 Å². The van der Waals surface area contributed by atoms with Crippen molar-refractivity contribution in [1.29, 1.82) is 0 Å². The molecule has 8 nitrogen and oxygen atoms in total. The van der Waals surface area contributed by atoms with E-state index in [2.05, 4.69) is 15.5 Å². The second kappa shape index (κ2) is 6.98. The van der Waals surface area contributed by atoms with Gasteiger partial charge < -0.3 is 9.72 Å². The molecule has 0 unspecified atom stereocenters. The van der Waals surface area contributed by atoms with Gasteiger partial charge in [-0.3, -0.25) is 10.2 Å². The van der Waals surface area contributed by atoms with Crippen LogP contribution in [0, 0.1) is 0 Å². The first-order chi connectivity index (χ1) is 12.4. The largest absolute Gasteiger partial charge is 0.497 e. The number of hydrogen-bond acceptors (Lipinski definition) is 6. The Hall–Kier alpha value is -3.17. The second-order valence-electron chi connectivity index (χ2n) is 5.45. The molecule has 2 aromatic carbocycles. The number of H-pyrrole nitrogens is 1. The predicted molar refractivity (Wildman–Crippen MR) is 100 cm³/mol. The quantitative estimate of drug-likeness (QED) is 0.463. The Morgan fingerprint density at radius 1 is 1.15 bits per heavy atom. The Labute approximate surface area is 149 Å². The molecule has 0 spiro atoms. The number of nitrogens with two attached hydrogens (primary N) is 1. The molecule has 1 heterocycles. The van der Waals surface area contributed by atoms with Crippen molar-refractivity contribution in [3.05, 3.63) is 64.4 Å². The highest BCUT2D eigenvalue weighted by Crippen LogP contribution is 2.18. The van der Waals surface area contributed by atoms with Gasteiger partial charge in [-0.05, 0) is 48.5 Å². The minimum Gasteiger partial charge on any atom is -0.497 e. The number of nitrogens with one attached hydrogen (secondary N) is 2.